The van der Waals surface area contributed by atoms with E-state index in [1.165, 1.54) is 7.11 Å². The first-order valence-corrected chi connectivity index (χ1v) is 9.33. The fraction of sp³-hybridized carbons (Fsp3) is 0.857. The van der Waals surface area contributed by atoms with Gasteiger partial charge in [0.2, 0.25) is 0 Å². The molecule has 0 aromatic carbocycles. The van der Waals surface area contributed by atoms with Crippen LogP contribution < -0.4 is 0 Å². The fourth-order valence-electron chi connectivity index (χ4n) is 0.793. The fourth-order valence-corrected chi connectivity index (χ4v) is 2.96. The molecular weight excluding hydrogens is 323 g/mol. The molecule has 0 fully saturated rings. The quantitative estimate of drug-likeness (QED) is 0.254. The number of esters is 1. The maximum atomic E-state index is 10.9. The number of halogens is 2. The van der Waals surface area contributed by atoms with Gasteiger partial charge in [0.1, 0.15) is 0 Å². The van der Waals surface area contributed by atoms with Crippen LogP contribution in [0, 0.1) is 0 Å². The number of rotatable bonds is 5. The second-order valence-electron chi connectivity index (χ2n) is 3.04. The molecule has 0 aliphatic carbocycles. The van der Waals surface area contributed by atoms with Gasteiger partial charge in [-0.3, -0.25) is 4.79 Å². The van der Waals surface area contributed by atoms with E-state index in [-0.39, 0.29) is 18.5 Å². The highest BCUT2D eigenvalue weighted by Crippen LogP contribution is 2.16. The molecule has 0 aliphatic rings. The van der Waals surface area contributed by atoms with E-state index >= 15 is 0 Å². The van der Waals surface area contributed by atoms with Gasteiger partial charge in [-0.15, -0.1) is 11.1 Å². The van der Waals surface area contributed by atoms with E-state index in [0.29, 0.717) is 0 Å². The molecule has 13 heavy (non-hydrogen) atoms. The molecule has 0 radical (unpaired) electrons. The number of hydrogen-bond acceptors (Lipinski definition) is 3. The second-order valence-corrected chi connectivity index (χ2v) is 9.61. The molecule has 0 amide bonds. The van der Waals surface area contributed by atoms with Crippen LogP contribution in [-0.4, -0.2) is 31.2 Å². The van der Waals surface area contributed by atoms with E-state index in [1.54, 1.807) is 0 Å². The highest BCUT2D eigenvalue weighted by atomic mass is 127. The lowest BCUT2D eigenvalue weighted by Crippen LogP contribution is -2.32. The summed E-state index contributed by atoms with van der Waals surface area (Å²) in [5.74, 6) is -0.253. The lowest BCUT2D eigenvalue weighted by atomic mass is 10.3. The highest BCUT2D eigenvalue weighted by Gasteiger charge is 2.25. The predicted octanol–water partition coefficient (Wildman–Crippen LogP) is 2.31. The maximum absolute atomic E-state index is 10.9. The van der Waals surface area contributed by atoms with E-state index in [4.69, 9.17) is 15.5 Å². The minimum absolute atomic E-state index is 0.118. The molecular formula is C7H14ClIO3Si. The van der Waals surface area contributed by atoms with Crippen LogP contribution in [0.15, 0.2) is 0 Å². The van der Waals surface area contributed by atoms with Crippen LogP contribution >= 0.6 is 33.7 Å². The lowest BCUT2D eigenvalue weighted by Gasteiger charge is -2.21. The van der Waals surface area contributed by atoms with Gasteiger partial charge in [-0.2, -0.15) is 0 Å². The SMILES string of the molecule is COC(=O)C[C@@H](CI)O[Si](C)(C)Cl. The monoisotopic (exact) mass is 336 g/mol. The summed E-state index contributed by atoms with van der Waals surface area (Å²) in [6, 6.07) is 0. The first-order chi connectivity index (χ1) is 5.89. The topological polar surface area (TPSA) is 35.5 Å². The van der Waals surface area contributed by atoms with Crippen molar-refractivity contribution in [3.05, 3.63) is 0 Å². The first kappa shape index (κ1) is 13.7. The minimum Gasteiger partial charge on any atom is -0.469 e. The third-order valence-electron chi connectivity index (χ3n) is 1.24. The summed E-state index contributed by atoms with van der Waals surface area (Å²) in [7, 11) is -0.690. The zero-order valence-corrected chi connectivity index (χ0v) is 11.9. The molecule has 0 spiro atoms. The van der Waals surface area contributed by atoms with Gasteiger partial charge in [0.25, 0.3) is 7.63 Å². The zero-order chi connectivity index (χ0) is 10.5. The molecule has 0 unspecified atom stereocenters. The third-order valence-corrected chi connectivity index (χ3v) is 3.38. The van der Waals surface area contributed by atoms with Gasteiger partial charge in [-0.1, -0.05) is 22.6 Å². The number of carbonyl (C=O) groups excluding carboxylic acids is 1. The summed E-state index contributed by atoms with van der Waals surface area (Å²) in [6.07, 6.45) is 0.162. The molecule has 0 N–H and O–H groups in total. The zero-order valence-electron chi connectivity index (χ0n) is 7.97. The van der Waals surface area contributed by atoms with E-state index in [2.05, 4.69) is 27.3 Å². The van der Waals surface area contributed by atoms with Crippen molar-refractivity contribution in [3.63, 3.8) is 0 Å². The van der Waals surface area contributed by atoms with Crippen molar-refractivity contribution in [2.75, 3.05) is 11.5 Å². The Hall–Kier alpha value is 0.667. The number of methoxy groups -OCH3 is 1. The van der Waals surface area contributed by atoms with Crippen molar-refractivity contribution >= 4 is 47.3 Å². The molecule has 0 bridgehead atoms. The molecule has 6 heteroatoms. The summed E-state index contributed by atoms with van der Waals surface area (Å²) in [5, 5.41) is 0. The molecule has 0 rings (SSSR count). The molecule has 0 saturated carbocycles. The molecule has 78 valence electrons. The summed E-state index contributed by atoms with van der Waals surface area (Å²) >= 11 is 8.16. The summed E-state index contributed by atoms with van der Waals surface area (Å²) < 4.78 is 10.8. The van der Waals surface area contributed by atoms with Crippen molar-refractivity contribution in [3.8, 4) is 0 Å². The normalized spacial score (nSPS) is 13.9. The standard InChI is InChI=1S/C7H14ClIO3Si/c1-11-7(10)4-6(5-9)12-13(2,3)8/h6H,4-5H2,1-3H3/t6-/m0/s1. The molecule has 0 aliphatic heterocycles. The molecule has 0 aromatic heterocycles. The van der Waals surface area contributed by atoms with Gasteiger partial charge in [0, 0.05) is 4.43 Å². The van der Waals surface area contributed by atoms with Crippen LogP contribution in [0.25, 0.3) is 0 Å². The van der Waals surface area contributed by atoms with Crippen LogP contribution in [0.5, 0.6) is 0 Å². The molecule has 0 aromatic rings. The van der Waals surface area contributed by atoms with E-state index in [9.17, 15) is 4.79 Å². The Morgan fingerprint density at radius 3 is 2.46 bits per heavy atom. The third kappa shape index (κ3) is 7.72. The van der Waals surface area contributed by atoms with Crippen LogP contribution in [0.1, 0.15) is 6.42 Å². The summed E-state index contributed by atoms with van der Waals surface area (Å²) in [4.78, 5) is 10.9. The van der Waals surface area contributed by atoms with E-state index in [0.717, 1.165) is 4.43 Å². The summed E-state index contributed by atoms with van der Waals surface area (Å²) in [6.45, 7) is 3.76. The Labute approximate surface area is 98.1 Å². The largest absolute Gasteiger partial charge is 0.469 e. The van der Waals surface area contributed by atoms with Gasteiger partial charge < -0.3 is 9.16 Å². The molecule has 1 atom stereocenters. The van der Waals surface area contributed by atoms with Crippen LogP contribution in [0.2, 0.25) is 13.1 Å². The van der Waals surface area contributed by atoms with E-state index in [1.807, 2.05) is 13.1 Å². The summed E-state index contributed by atoms with van der Waals surface area (Å²) in [5.41, 5.74) is 0. The van der Waals surface area contributed by atoms with Crippen LogP contribution in [0.3, 0.4) is 0 Å². The first-order valence-electron chi connectivity index (χ1n) is 3.88. The van der Waals surface area contributed by atoms with Crippen molar-refractivity contribution in [1.29, 1.82) is 0 Å². The Bertz CT molecular complexity index is 172. The average Bonchev–Trinajstić information content (AvgIpc) is 2.00. The Morgan fingerprint density at radius 1 is 1.62 bits per heavy atom. The van der Waals surface area contributed by atoms with Crippen molar-refractivity contribution in [2.45, 2.75) is 25.6 Å². The Kier molecular flexibility index (Phi) is 6.53. The smallest absolute Gasteiger partial charge is 0.308 e. The minimum atomic E-state index is -2.06. The van der Waals surface area contributed by atoms with Gasteiger partial charge in [-0.05, 0) is 13.1 Å². The number of hydrogen-bond donors (Lipinski definition) is 0. The van der Waals surface area contributed by atoms with Gasteiger partial charge in [-0.25, -0.2) is 0 Å². The van der Waals surface area contributed by atoms with Gasteiger partial charge in [0.15, 0.2) is 0 Å². The van der Waals surface area contributed by atoms with Gasteiger partial charge in [0.05, 0.1) is 19.6 Å². The molecule has 3 nitrogen and oxygen atoms in total. The molecule has 0 heterocycles. The highest BCUT2D eigenvalue weighted by molar-refractivity contribution is 14.1. The van der Waals surface area contributed by atoms with Crippen molar-refractivity contribution < 1.29 is 14.0 Å². The number of ether oxygens (including phenoxy) is 1. The Balaban J connectivity index is 3.97. The predicted molar refractivity (Wildman–Crippen MR) is 63.7 cm³/mol. The van der Waals surface area contributed by atoms with E-state index < -0.39 is 7.63 Å². The second kappa shape index (κ2) is 6.21. The van der Waals surface area contributed by atoms with Crippen LogP contribution in [-0.2, 0) is 14.0 Å². The average molecular weight is 337 g/mol. The van der Waals surface area contributed by atoms with Gasteiger partial charge >= 0.3 is 5.97 Å². The maximum Gasteiger partial charge on any atom is 0.308 e. The number of alkyl halides is 1. The molecule has 0 saturated heterocycles. The van der Waals surface area contributed by atoms with Crippen molar-refractivity contribution in [2.24, 2.45) is 0 Å². The van der Waals surface area contributed by atoms with Crippen molar-refractivity contribution in [1.82, 2.24) is 0 Å². The lowest BCUT2D eigenvalue weighted by molar-refractivity contribution is -0.142. The number of carbonyl (C=O) groups is 1. The Morgan fingerprint density at radius 2 is 2.15 bits per heavy atom. The van der Waals surface area contributed by atoms with Crippen LogP contribution in [0.4, 0.5) is 0 Å².